The number of anilines is 1. The minimum atomic E-state index is -3.90. The van der Waals surface area contributed by atoms with Crippen LogP contribution in [0.1, 0.15) is 21.5 Å². The first-order valence-electron chi connectivity index (χ1n) is 9.49. The second-order valence-electron chi connectivity index (χ2n) is 6.83. The zero-order valence-corrected chi connectivity index (χ0v) is 17.3. The maximum atomic E-state index is 12.6. The van der Waals surface area contributed by atoms with Gasteiger partial charge in [-0.15, -0.1) is 0 Å². The average Bonchev–Trinajstić information content (AvgIpc) is 2.74. The standard InChI is InChI=1S/C22H21N3O5S/c26-22(23-14-13-17-7-2-1-3-8-17)20-11-4-5-12-21(20)24-31(29,30)16-18-9-6-10-19(15-18)25(27)28/h1-12,15,24H,13-14,16H2,(H,23,26). The number of nitrogens with zero attached hydrogens (tertiary/aromatic N) is 1. The first-order chi connectivity index (χ1) is 14.8. The third-order valence-corrected chi connectivity index (χ3v) is 5.70. The highest BCUT2D eigenvalue weighted by molar-refractivity contribution is 7.91. The normalized spacial score (nSPS) is 11.0. The van der Waals surface area contributed by atoms with Crippen LogP contribution in [-0.2, 0) is 22.2 Å². The van der Waals surface area contributed by atoms with Crippen molar-refractivity contribution in [1.29, 1.82) is 0 Å². The third kappa shape index (κ3) is 6.38. The molecule has 0 spiro atoms. The Kier molecular flexibility index (Phi) is 6.99. The van der Waals surface area contributed by atoms with Crippen molar-refractivity contribution in [2.75, 3.05) is 11.3 Å². The monoisotopic (exact) mass is 439 g/mol. The Bertz CT molecular complexity index is 1180. The van der Waals surface area contributed by atoms with Crippen molar-refractivity contribution in [3.63, 3.8) is 0 Å². The fraction of sp³-hybridized carbons (Fsp3) is 0.136. The minimum Gasteiger partial charge on any atom is -0.352 e. The zero-order valence-electron chi connectivity index (χ0n) is 16.5. The SMILES string of the molecule is O=C(NCCc1ccccc1)c1ccccc1NS(=O)(=O)Cc1cccc([N+](=O)[O-])c1. The summed E-state index contributed by atoms with van der Waals surface area (Å²) in [5.41, 5.74) is 1.49. The van der Waals surface area contributed by atoms with Crippen LogP contribution in [0.3, 0.4) is 0 Å². The highest BCUT2D eigenvalue weighted by Gasteiger charge is 2.18. The number of benzene rings is 3. The van der Waals surface area contributed by atoms with Gasteiger partial charge >= 0.3 is 0 Å². The number of nitro benzene ring substituents is 1. The van der Waals surface area contributed by atoms with E-state index in [0.29, 0.717) is 13.0 Å². The molecule has 0 aliphatic heterocycles. The molecule has 0 aliphatic rings. The van der Waals surface area contributed by atoms with Gasteiger partial charge in [0.15, 0.2) is 0 Å². The van der Waals surface area contributed by atoms with Crippen molar-refractivity contribution in [1.82, 2.24) is 5.32 Å². The number of nitro groups is 1. The molecule has 9 heteroatoms. The van der Waals surface area contributed by atoms with E-state index in [1.165, 1.54) is 36.4 Å². The highest BCUT2D eigenvalue weighted by atomic mass is 32.2. The molecule has 0 saturated carbocycles. The molecule has 31 heavy (non-hydrogen) atoms. The van der Waals surface area contributed by atoms with Crippen LogP contribution in [0.15, 0.2) is 78.9 Å². The Morgan fingerprint density at radius 3 is 2.32 bits per heavy atom. The molecule has 0 atom stereocenters. The number of carbonyl (C=O) groups is 1. The molecule has 0 heterocycles. The van der Waals surface area contributed by atoms with Gasteiger partial charge in [0.05, 0.1) is 21.9 Å². The van der Waals surface area contributed by atoms with E-state index in [4.69, 9.17) is 0 Å². The summed E-state index contributed by atoms with van der Waals surface area (Å²) in [4.78, 5) is 22.9. The van der Waals surface area contributed by atoms with Gasteiger partial charge in [0.2, 0.25) is 10.0 Å². The lowest BCUT2D eigenvalue weighted by Crippen LogP contribution is -2.27. The number of rotatable bonds is 9. The molecule has 0 fully saturated rings. The predicted molar refractivity (Wildman–Crippen MR) is 118 cm³/mol. The van der Waals surface area contributed by atoms with Crippen LogP contribution in [0.4, 0.5) is 11.4 Å². The Morgan fingerprint density at radius 2 is 1.58 bits per heavy atom. The molecule has 3 rings (SSSR count). The van der Waals surface area contributed by atoms with E-state index in [0.717, 1.165) is 5.56 Å². The summed E-state index contributed by atoms with van der Waals surface area (Å²) in [5.74, 6) is -0.858. The fourth-order valence-electron chi connectivity index (χ4n) is 3.01. The van der Waals surface area contributed by atoms with Crippen LogP contribution >= 0.6 is 0 Å². The van der Waals surface area contributed by atoms with Gasteiger partial charge in [-0.3, -0.25) is 19.6 Å². The summed E-state index contributed by atoms with van der Waals surface area (Å²) in [7, 11) is -3.90. The van der Waals surface area contributed by atoms with Crippen molar-refractivity contribution >= 4 is 27.3 Å². The van der Waals surface area contributed by atoms with Crippen molar-refractivity contribution in [2.24, 2.45) is 0 Å². The number of amides is 1. The van der Waals surface area contributed by atoms with Crippen molar-refractivity contribution < 1.29 is 18.1 Å². The highest BCUT2D eigenvalue weighted by Crippen LogP contribution is 2.20. The molecule has 0 bridgehead atoms. The average molecular weight is 439 g/mol. The number of nitrogens with one attached hydrogen (secondary N) is 2. The molecular weight excluding hydrogens is 418 g/mol. The van der Waals surface area contributed by atoms with E-state index in [1.807, 2.05) is 30.3 Å². The maximum Gasteiger partial charge on any atom is 0.269 e. The van der Waals surface area contributed by atoms with Gasteiger partial charge in [-0.05, 0) is 29.7 Å². The van der Waals surface area contributed by atoms with Crippen molar-refractivity contribution in [3.8, 4) is 0 Å². The lowest BCUT2D eigenvalue weighted by atomic mass is 10.1. The molecule has 160 valence electrons. The van der Waals surface area contributed by atoms with E-state index < -0.39 is 26.6 Å². The number of carbonyl (C=O) groups excluding carboxylic acids is 1. The molecule has 1 amide bonds. The fourth-order valence-corrected chi connectivity index (χ4v) is 4.22. The first-order valence-corrected chi connectivity index (χ1v) is 11.1. The van der Waals surface area contributed by atoms with Crippen LogP contribution in [0.25, 0.3) is 0 Å². The zero-order chi connectivity index (χ0) is 22.3. The summed E-state index contributed by atoms with van der Waals surface area (Å²) < 4.78 is 27.6. The molecule has 3 aromatic rings. The molecule has 0 radical (unpaired) electrons. The van der Waals surface area contributed by atoms with Crippen LogP contribution in [-0.4, -0.2) is 25.8 Å². The van der Waals surface area contributed by atoms with Crippen LogP contribution in [0, 0.1) is 10.1 Å². The summed E-state index contributed by atoms with van der Waals surface area (Å²) >= 11 is 0. The van der Waals surface area contributed by atoms with Gasteiger partial charge in [-0.2, -0.15) is 0 Å². The van der Waals surface area contributed by atoms with E-state index in [-0.39, 0.29) is 22.5 Å². The Hall–Kier alpha value is -3.72. The molecular formula is C22H21N3O5S. The molecule has 2 N–H and O–H groups in total. The lowest BCUT2D eigenvalue weighted by Gasteiger charge is -2.13. The topological polar surface area (TPSA) is 118 Å². The lowest BCUT2D eigenvalue weighted by molar-refractivity contribution is -0.384. The second kappa shape index (κ2) is 9.86. The number of sulfonamides is 1. The van der Waals surface area contributed by atoms with E-state index in [2.05, 4.69) is 10.0 Å². The van der Waals surface area contributed by atoms with Gasteiger partial charge in [0, 0.05) is 18.7 Å². The smallest absolute Gasteiger partial charge is 0.269 e. The largest absolute Gasteiger partial charge is 0.352 e. The van der Waals surface area contributed by atoms with Gasteiger partial charge < -0.3 is 5.32 Å². The van der Waals surface area contributed by atoms with E-state index >= 15 is 0 Å². The Balaban J connectivity index is 1.68. The number of para-hydroxylation sites is 1. The van der Waals surface area contributed by atoms with Crippen LogP contribution in [0.2, 0.25) is 0 Å². The molecule has 0 saturated heterocycles. The van der Waals surface area contributed by atoms with Gasteiger partial charge in [-0.25, -0.2) is 8.42 Å². The van der Waals surface area contributed by atoms with Crippen LogP contribution in [0.5, 0.6) is 0 Å². The van der Waals surface area contributed by atoms with E-state index in [1.54, 1.807) is 12.1 Å². The quantitative estimate of drug-likeness (QED) is 0.391. The minimum absolute atomic E-state index is 0.144. The predicted octanol–water partition coefficient (Wildman–Crippen LogP) is 3.51. The molecule has 3 aromatic carbocycles. The van der Waals surface area contributed by atoms with Gasteiger partial charge in [0.1, 0.15) is 0 Å². The Labute approximate surface area is 180 Å². The van der Waals surface area contributed by atoms with Crippen molar-refractivity contribution in [3.05, 3.63) is 106 Å². The van der Waals surface area contributed by atoms with Crippen molar-refractivity contribution in [2.45, 2.75) is 12.2 Å². The van der Waals surface area contributed by atoms with E-state index in [9.17, 15) is 23.3 Å². The maximum absolute atomic E-state index is 12.6. The summed E-state index contributed by atoms with van der Waals surface area (Å²) in [6.45, 7) is 0.400. The number of hydrogen-bond acceptors (Lipinski definition) is 5. The van der Waals surface area contributed by atoms with Gasteiger partial charge in [-0.1, -0.05) is 54.6 Å². The summed E-state index contributed by atoms with van der Waals surface area (Å²) in [5, 5.41) is 13.7. The summed E-state index contributed by atoms with van der Waals surface area (Å²) in [6.07, 6.45) is 0.646. The molecule has 0 aliphatic carbocycles. The number of non-ortho nitro benzene ring substituents is 1. The third-order valence-electron chi connectivity index (χ3n) is 4.46. The molecule has 0 aromatic heterocycles. The molecule has 8 nitrogen and oxygen atoms in total. The molecule has 0 unspecified atom stereocenters. The first kappa shape index (κ1) is 22.0. The summed E-state index contributed by atoms with van der Waals surface area (Å²) in [6, 6.07) is 21.4. The Morgan fingerprint density at radius 1 is 0.903 bits per heavy atom. The van der Waals surface area contributed by atoms with Gasteiger partial charge in [0.25, 0.3) is 11.6 Å². The van der Waals surface area contributed by atoms with Crippen LogP contribution < -0.4 is 10.0 Å². The second-order valence-corrected chi connectivity index (χ2v) is 8.55. The number of hydrogen-bond donors (Lipinski definition) is 2.